The molecule has 0 heterocycles. The molecule has 0 amide bonds. The van der Waals surface area contributed by atoms with Crippen molar-refractivity contribution in [1.82, 2.24) is 0 Å². The second-order valence-electron chi connectivity index (χ2n) is 22.2. The van der Waals surface area contributed by atoms with E-state index in [0.29, 0.717) is 16.6 Å². The molecule has 0 unspecified atom stereocenters. The second kappa shape index (κ2) is 20.5. The first-order valence-electron chi connectivity index (χ1n) is 25.1. The molecule has 2 atom stereocenters. The first-order valence-corrected chi connectivity index (χ1v) is 27.4. The third kappa shape index (κ3) is 10.1. The predicted octanol–water partition coefficient (Wildman–Crippen LogP) is 15.8. The van der Waals surface area contributed by atoms with Gasteiger partial charge >= 0.3 is 0 Å². The quantitative estimate of drug-likeness (QED) is 0.0696. The zero-order valence-corrected chi connectivity index (χ0v) is 43.4. The van der Waals surface area contributed by atoms with Crippen molar-refractivity contribution in [3.05, 3.63) is 139 Å². The van der Waals surface area contributed by atoms with Gasteiger partial charge < -0.3 is 5.11 Å². The van der Waals surface area contributed by atoms with Crippen LogP contribution in [0.25, 0.3) is 0 Å². The average Bonchev–Trinajstić information content (AvgIpc) is 3.24. The molecule has 338 valence electrons. The molecule has 0 aromatic heterocycles. The fourth-order valence-electron chi connectivity index (χ4n) is 11.2. The fraction of sp³-hybridized carbons (Fsp3) is 0.516. The minimum Gasteiger partial charge on any atom is -0.384 e. The van der Waals surface area contributed by atoms with Crippen LogP contribution in [0, 0.1) is 35.1 Å². The summed E-state index contributed by atoms with van der Waals surface area (Å²) < 4.78 is 0. The van der Waals surface area contributed by atoms with Crippen molar-refractivity contribution in [3.8, 4) is 35.1 Å². The minimum absolute atomic E-state index is 0.0252. The van der Waals surface area contributed by atoms with E-state index in [1.165, 1.54) is 99.7 Å². The highest BCUT2D eigenvalue weighted by atomic mass is 28.3. The number of aryl methyl sites for hydroxylation is 2. The number of hydrogen-bond donors (Lipinski definition) is 1. The highest BCUT2D eigenvalue weighted by Crippen LogP contribution is 2.58. The monoisotopic (exact) mass is 869 g/mol. The van der Waals surface area contributed by atoms with Crippen molar-refractivity contribution in [2.75, 3.05) is 6.61 Å². The van der Waals surface area contributed by atoms with Crippen LogP contribution in [0.15, 0.2) is 60.7 Å². The van der Waals surface area contributed by atoms with Crippen LogP contribution in [0.2, 0.25) is 16.6 Å². The van der Waals surface area contributed by atoms with Crippen molar-refractivity contribution in [2.24, 2.45) is 0 Å². The molecule has 2 heteroatoms. The lowest BCUT2D eigenvalue weighted by atomic mass is 9.58. The molecule has 0 aliphatic heterocycles. The van der Waals surface area contributed by atoms with Crippen LogP contribution in [-0.4, -0.2) is 19.8 Å². The van der Waals surface area contributed by atoms with Gasteiger partial charge in [0.25, 0.3) is 0 Å². The lowest BCUT2D eigenvalue weighted by molar-refractivity contribution is 0.350. The molecule has 3 aliphatic rings. The summed E-state index contributed by atoms with van der Waals surface area (Å²) in [5, 5.41) is 9.73. The molecule has 0 saturated carbocycles. The third-order valence-electron chi connectivity index (χ3n) is 14.9. The van der Waals surface area contributed by atoms with E-state index in [-0.39, 0.29) is 29.3 Å². The van der Waals surface area contributed by atoms with E-state index >= 15 is 0 Å². The van der Waals surface area contributed by atoms with Gasteiger partial charge in [0.1, 0.15) is 14.7 Å². The summed E-state index contributed by atoms with van der Waals surface area (Å²) in [4.78, 5) is 0. The van der Waals surface area contributed by atoms with Crippen molar-refractivity contribution in [2.45, 2.75) is 200 Å². The Morgan fingerprint density at radius 2 is 0.922 bits per heavy atom. The molecule has 64 heavy (non-hydrogen) atoms. The van der Waals surface area contributed by atoms with Crippen molar-refractivity contribution >= 4 is 8.07 Å². The molecule has 3 aliphatic carbocycles. The Bertz CT molecular complexity index is 2470. The smallest absolute Gasteiger partial charge is 0.146 e. The van der Waals surface area contributed by atoms with Gasteiger partial charge in [-0.25, -0.2) is 0 Å². The Labute approximate surface area is 392 Å². The predicted molar refractivity (Wildman–Crippen MR) is 279 cm³/mol. The summed E-state index contributed by atoms with van der Waals surface area (Å²) in [7, 11) is -2.02. The van der Waals surface area contributed by atoms with E-state index in [4.69, 9.17) is 0 Å². The second-order valence-corrected chi connectivity index (χ2v) is 27.8. The van der Waals surface area contributed by atoms with Gasteiger partial charge in [-0.3, -0.25) is 0 Å². The summed E-state index contributed by atoms with van der Waals surface area (Å²) in [6, 6.07) is 24.1. The topological polar surface area (TPSA) is 20.2 Å². The number of aliphatic hydroxyl groups excluding tert-OH is 1. The maximum Gasteiger partial charge on any atom is 0.146 e. The van der Waals surface area contributed by atoms with Gasteiger partial charge in [0.2, 0.25) is 0 Å². The van der Waals surface area contributed by atoms with Gasteiger partial charge in [-0.15, -0.1) is 5.54 Å². The van der Waals surface area contributed by atoms with Crippen LogP contribution in [0.3, 0.4) is 0 Å². The summed E-state index contributed by atoms with van der Waals surface area (Å²) >= 11 is 0. The summed E-state index contributed by atoms with van der Waals surface area (Å²) in [5.41, 5.74) is 24.1. The Kier molecular flexibility index (Phi) is 15.8. The Morgan fingerprint density at radius 1 is 0.500 bits per heavy atom. The molecule has 0 saturated heterocycles. The first kappa shape index (κ1) is 49.2. The lowest BCUT2D eigenvalue weighted by Gasteiger charge is -2.44. The van der Waals surface area contributed by atoms with Crippen LogP contribution in [-0.2, 0) is 23.7 Å². The average molecular weight is 869 g/mol. The number of benzene rings is 4. The highest BCUT2D eigenvalue weighted by molar-refractivity contribution is 6.90. The Hall–Kier alpha value is -4.26. The normalized spacial score (nSPS) is 15.2. The van der Waals surface area contributed by atoms with Gasteiger partial charge in [0.05, 0.1) is 0 Å². The van der Waals surface area contributed by atoms with E-state index in [9.17, 15) is 5.11 Å². The van der Waals surface area contributed by atoms with Crippen LogP contribution in [0.1, 0.15) is 238 Å². The van der Waals surface area contributed by atoms with E-state index in [1.54, 1.807) is 0 Å². The Morgan fingerprint density at radius 3 is 1.33 bits per heavy atom. The van der Waals surface area contributed by atoms with Crippen LogP contribution < -0.4 is 0 Å². The van der Waals surface area contributed by atoms with Gasteiger partial charge in [0.15, 0.2) is 0 Å². The van der Waals surface area contributed by atoms with Crippen LogP contribution in [0.4, 0.5) is 0 Å². The number of unbranched alkanes of at least 4 members (excludes halogenated alkanes) is 6. The number of aliphatic hydroxyl groups is 1. The Balaban J connectivity index is 1.66. The molecule has 1 N–H and O–H groups in total. The fourth-order valence-corrected chi connectivity index (χ4v) is 16.5. The van der Waals surface area contributed by atoms with Gasteiger partial charge in [-0.2, -0.15) is 0 Å². The molecular weight excluding hydrogens is 789 g/mol. The minimum atomic E-state index is -2.02. The zero-order valence-electron chi connectivity index (χ0n) is 42.4. The van der Waals surface area contributed by atoms with Crippen molar-refractivity contribution < 1.29 is 5.11 Å². The number of hydrogen-bond acceptors (Lipinski definition) is 1. The summed E-state index contributed by atoms with van der Waals surface area (Å²) in [6.45, 7) is 33.0. The van der Waals surface area contributed by atoms with Crippen LogP contribution >= 0.6 is 0 Å². The van der Waals surface area contributed by atoms with Crippen molar-refractivity contribution in [3.63, 3.8) is 0 Å². The molecule has 0 spiro atoms. The van der Waals surface area contributed by atoms with Gasteiger partial charge in [-0.05, 0) is 133 Å². The maximum atomic E-state index is 9.73. The maximum absolute atomic E-state index is 9.73. The van der Waals surface area contributed by atoms with E-state index < -0.39 is 8.07 Å². The molecule has 0 radical (unpaired) electrons. The first-order chi connectivity index (χ1) is 30.4. The largest absolute Gasteiger partial charge is 0.384 e. The van der Waals surface area contributed by atoms with E-state index in [0.717, 1.165) is 42.4 Å². The standard InChI is InChI=1S/C62H80OSi/c1-15-17-19-21-24-47-39-50(48(25-22-20-18-16-2)38-49(47)26-23-36-63)30-29-45-27-28-46(35-37-64(42(3)4,43(5)6)44(7)8)58-57(45)59-53-33-31-52(62(12,13)14)41-56(53)60(58)54-34-32-51(40-55(54)59)61(9,10)11/h27-28,31-34,38-44,59-60,63H,15-22,24-25,36H2,1-14H3/t59-,60-/m0/s1. The third-order valence-corrected chi connectivity index (χ3v) is 21.1. The van der Waals surface area contributed by atoms with E-state index in [2.05, 4.69) is 193 Å². The zero-order chi connectivity index (χ0) is 46.6. The van der Waals surface area contributed by atoms with Crippen molar-refractivity contribution in [1.29, 1.82) is 0 Å². The molecule has 7 rings (SSSR count). The molecule has 0 fully saturated rings. The molecule has 4 aromatic carbocycles. The molecule has 4 aromatic rings. The van der Waals surface area contributed by atoms with Gasteiger partial charge in [-0.1, -0.05) is 201 Å². The van der Waals surface area contributed by atoms with Gasteiger partial charge in [0, 0.05) is 34.1 Å². The highest BCUT2D eigenvalue weighted by Gasteiger charge is 2.45. The lowest BCUT2D eigenvalue weighted by Crippen LogP contribution is -2.43. The summed E-state index contributed by atoms with van der Waals surface area (Å²) in [6.07, 6.45) is 11.5. The molecule has 1 nitrogen and oxygen atoms in total. The summed E-state index contributed by atoms with van der Waals surface area (Å²) in [5.74, 6) is 18.3. The van der Waals surface area contributed by atoms with E-state index in [1.807, 2.05) is 0 Å². The SMILES string of the molecule is CCCCCCc1cc(C#Cc2ccc(C#C[Si](C(C)C)(C(C)C)C(C)C)c3c2[C@H]2c4ccc(C(C)(C)C)cc4[C@@H]3c3ccc(C(C)(C)C)cc32)c(CCCCCC)cc1C#CCO. The molecular formula is C62H80OSi. The molecule has 2 bridgehead atoms. The number of rotatable bonds is 13. The van der Waals surface area contributed by atoms with Crippen LogP contribution in [0.5, 0.6) is 0 Å².